The fourth-order valence-electron chi connectivity index (χ4n) is 3.19. The number of halogens is 2. The minimum Gasteiger partial charge on any atom is -0.354 e. The van der Waals surface area contributed by atoms with Crippen LogP contribution in [0.25, 0.3) is 0 Å². The van der Waals surface area contributed by atoms with Crippen LogP contribution in [0.15, 0.2) is 42.5 Å². The average molecular weight is 435 g/mol. The number of nitrogens with zero attached hydrogens (tertiary/aromatic N) is 1. The molecule has 4 nitrogen and oxygen atoms in total. The van der Waals surface area contributed by atoms with Gasteiger partial charge in [-0.15, -0.1) is 0 Å². The van der Waals surface area contributed by atoms with Gasteiger partial charge in [0.15, 0.2) is 0 Å². The molecule has 1 atom stereocenters. The summed E-state index contributed by atoms with van der Waals surface area (Å²) >= 11 is 12.4. The van der Waals surface area contributed by atoms with Crippen LogP contribution in [-0.4, -0.2) is 29.3 Å². The highest BCUT2D eigenvalue weighted by molar-refractivity contribution is 6.35. The van der Waals surface area contributed by atoms with Gasteiger partial charge in [-0.1, -0.05) is 67.4 Å². The van der Waals surface area contributed by atoms with Crippen molar-refractivity contribution in [2.24, 2.45) is 0 Å². The molecule has 0 fully saturated rings. The lowest BCUT2D eigenvalue weighted by Crippen LogP contribution is -2.49. The molecule has 0 radical (unpaired) electrons. The molecule has 156 valence electrons. The fourth-order valence-corrected chi connectivity index (χ4v) is 3.66. The van der Waals surface area contributed by atoms with E-state index >= 15 is 0 Å². The maximum absolute atomic E-state index is 13.3. The zero-order valence-electron chi connectivity index (χ0n) is 17.2. The lowest BCUT2D eigenvalue weighted by molar-refractivity contribution is -0.140. The number of carbonyl (C=O) groups excluding carboxylic acids is 2. The number of rotatable bonds is 9. The molecule has 0 bridgehead atoms. The summed E-state index contributed by atoms with van der Waals surface area (Å²) in [5, 5.41) is 3.93. The van der Waals surface area contributed by atoms with E-state index in [4.69, 9.17) is 23.2 Å². The number of benzene rings is 2. The molecular formula is C23H28Cl2N2O2. The Morgan fingerprint density at radius 3 is 2.41 bits per heavy atom. The quantitative estimate of drug-likeness (QED) is 0.590. The van der Waals surface area contributed by atoms with Crippen LogP contribution in [0.2, 0.25) is 10.0 Å². The Morgan fingerprint density at radius 2 is 1.79 bits per heavy atom. The number of hydrogen-bond donors (Lipinski definition) is 1. The molecule has 1 unspecified atom stereocenters. The van der Waals surface area contributed by atoms with Crippen LogP contribution in [0.1, 0.15) is 43.4 Å². The maximum Gasteiger partial charge on any atom is 0.242 e. The number of hydrogen-bond acceptors (Lipinski definition) is 2. The molecule has 0 aliphatic carbocycles. The monoisotopic (exact) mass is 434 g/mol. The van der Waals surface area contributed by atoms with E-state index in [1.165, 1.54) is 0 Å². The zero-order chi connectivity index (χ0) is 21.4. The van der Waals surface area contributed by atoms with Crippen LogP contribution < -0.4 is 5.32 Å². The highest BCUT2D eigenvalue weighted by Gasteiger charge is 2.29. The lowest BCUT2D eigenvalue weighted by Gasteiger charge is -2.31. The van der Waals surface area contributed by atoms with Gasteiger partial charge in [-0.3, -0.25) is 9.59 Å². The van der Waals surface area contributed by atoms with E-state index in [1.54, 1.807) is 23.1 Å². The molecule has 1 N–H and O–H groups in total. The minimum atomic E-state index is -0.565. The average Bonchev–Trinajstić information content (AvgIpc) is 2.69. The molecule has 0 saturated carbocycles. The van der Waals surface area contributed by atoms with Crippen LogP contribution in [0.3, 0.4) is 0 Å². The van der Waals surface area contributed by atoms with Crippen molar-refractivity contribution < 1.29 is 9.59 Å². The summed E-state index contributed by atoms with van der Waals surface area (Å²) in [7, 11) is 0. The Kier molecular flexibility index (Phi) is 8.99. The van der Waals surface area contributed by atoms with Crippen molar-refractivity contribution in [2.75, 3.05) is 6.54 Å². The standard InChI is InChI=1S/C23H28Cl2N2O2/c1-4-12-26-23(29)21(5-2)27(15-18-10-11-19(24)14-20(18)25)22(28)13-17-9-7-6-8-16(17)3/h6-11,14,21H,4-5,12-13,15H2,1-3H3,(H,26,29). The molecule has 6 heteroatoms. The maximum atomic E-state index is 13.3. The molecule has 2 aromatic rings. The molecule has 0 aromatic heterocycles. The van der Waals surface area contributed by atoms with E-state index in [0.717, 1.165) is 23.1 Å². The fraction of sp³-hybridized carbons (Fsp3) is 0.391. The third kappa shape index (κ3) is 6.48. The Bertz CT molecular complexity index is 855. The molecule has 0 saturated heterocycles. The lowest BCUT2D eigenvalue weighted by atomic mass is 10.0. The van der Waals surface area contributed by atoms with Crippen molar-refractivity contribution >= 4 is 35.0 Å². The van der Waals surface area contributed by atoms with Gasteiger partial charge in [-0.25, -0.2) is 0 Å². The van der Waals surface area contributed by atoms with Crippen LogP contribution in [0.4, 0.5) is 0 Å². The first-order valence-electron chi connectivity index (χ1n) is 9.92. The van der Waals surface area contributed by atoms with Gasteiger partial charge in [-0.05, 0) is 48.6 Å². The SMILES string of the molecule is CCCNC(=O)C(CC)N(Cc1ccc(Cl)cc1Cl)C(=O)Cc1ccccc1C. The van der Waals surface area contributed by atoms with Gasteiger partial charge in [0, 0.05) is 23.1 Å². The van der Waals surface area contributed by atoms with Gasteiger partial charge >= 0.3 is 0 Å². The smallest absolute Gasteiger partial charge is 0.242 e. The largest absolute Gasteiger partial charge is 0.354 e. The second kappa shape index (κ2) is 11.2. The number of amides is 2. The molecule has 29 heavy (non-hydrogen) atoms. The van der Waals surface area contributed by atoms with E-state index in [0.29, 0.717) is 23.0 Å². The molecule has 2 amide bonds. The number of carbonyl (C=O) groups is 2. The van der Waals surface area contributed by atoms with Crippen molar-refractivity contribution in [2.45, 2.75) is 52.6 Å². The predicted molar refractivity (Wildman–Crippen MR) is 119 cm³/mol. The first kappa shape index (κ1) is 23.2. The molecule has 0 aliphatic heterocycles. The second-order valence-electron chi connectivity index (χ2n) is 7.08. The van der Waals surface area contributed by atoms with Crippen LogP contribution in [0.5, 0.6) is 0 Å². The van der Waals surface area contributed by atoms with E-state index in [1.807, 2.05) is 45.0 Å². The molecule has 2 aromatic carbocycles. The summed E-state index contributed by atoms with van der Waals surface area (Å²) in [5.41, 5.74) is 2.76. The first-order valence-corrected chi connectivity index (χ1v) is 10.7. The van der Waals surface area contributed by atoms with E-state index in [-0.39, 0.29) is 24.8 Å². The summed E-state index contributed by atoms with van der Waals surface area (Å²) in [6.07, 6.45) is 1.58. The summed E-state index contributed by atoms with van der Waals surface area (Å²) in [6, 6.07) is 12.4. The highest BCUT2D eigenvalue weighted by atomic mass is 35.5. The minimum absolute atomic E-state index is 0.108. The third-order valence-corrected chi connectivity index (χ3v) is 5.48. The molecule has 0 aliphatic rings. The Morgan fingerprint density at radius 1 is 1.07 bits per heavy atom. The summed E-state index contributed by atoms with van der Waals surface area (Å²) in [5.74, 6) is -0.249. The van der Waals surface area contributed by atoms with Crippen molar-refractivity contribution in [1.82, 2.24) is 10.2 Å². The molecule has 0 spiro atoms. The van der Waals surface area contributed by atoms with Crippen molar-refractivity contribution in [3.63, 3.8) is 0 Å². The molecular weight excluding hydrogens is 407 g/mol. The molecule has 2 rings (SSSR count). The van der Waals surface area contributed by atoms with Crippen molar-refractivity contribution in [1.29, 1.82) is 0 Å². The van der Waals surface area contributed by atoms with E-state index < -0.39 is 6.04 Å². The van der Waals surface area contributed by atoms with E-state index in [2.05, 4.69) is 5.32 Å². The van der Waals surface area contributed by atoms with Crippen molar-refractivity contribution in [3.05, 3.63) is 69.2 Å². The van der Waals surface area contributed by atoms with Gasteiger partial charge in [0.05, 0.1) is 6.42 Å². The number of nitrogens with one attached hydrogen (secondary N) is 1. The zero-order valence-corrected chi connectivity index (χ0v) is 18.7. The number of aryl methyl sites for hydroxylation is 1. The Hall–Kier alpha value is -2.04. The normalized spacial score (nSPS) is 11.8. The first-order chi connectivity index (χ1) is 13.9. The summed E-state index contributed by atoms with van der Waals surface area (Å²) in [4.78, 5) is 27.7. The van der Waals surface area contributed by atoms with Gasteiger partial charge in [0.2, 0.25) is 11.8 Å². The second-order valence-corrected chi connectivity index (χ2v) is 7.92. The highest BCUT2D eigenvalue weighted by Crippen LogP contribution is 2.24. The summed E-state index contributed by atoms with van der Waals surface area (Å²) in [6.45, 7) is 6.72. The molecule has 0 heterocycles. The third-order valence-electron chi connectivity index (χ3n) is 4.89. The van der Waals surface area contributed by atoms with Crippen LogP contribution in [-0.2, 0) is 22.6 Å². The predicted octanol–water partition coefficient (Wildman–Crippen LogP) is 5.18. The van der Waals surface area contributed by atoms with E-state index in [9.17, 15) is 9.59 Å². The van der Waals surface area contributed by atoms with Crippen LogP contribution in [0, 0.1) is 6.92 Å². The van der Waals surface area contributed by atoms with Crippen molar-refractivity contribution in [3.8, 4) is 0 Å². The Labute approximate surface area is 183 Å². The van der Waals surface area contributed by atoms with Gasteiger partial charge < -0.3 is 10.2 Å². The van der Waals surface area contributed by atoms with Gasteiger partial charge in [0.25, 0.3) is 0 Å². The van der Waals surface area contributed by atoms with Gasteiger partial charge in [-0.2, -0.15) is 0 Å². The van der Waals surface area contributed by atoms with Crippen LogP contribution >= 0.6 is 23.2 Å². The topological polar surface area (TPSA) is 49.4 Å². The van der Waals surface area contributed by atoms with Gasteiger partial charge in [0.1, 0.15) is 6.04 Å². The Balaban J connectivity index is 2.33. The summed E-state index contributed by atoms with van der Waals surface area (Å²) < 4.78 is 0.